The molecule has 4 nitrogen and oxygen atoms in total. The Morgan fingerprint density at radius 3 is 2.52 bits per heavy atom. The smallest absolute Gasteiger partial charge is 0.255 e. The lowest BCUT2D eigenvalue weighted by atomic mass is 10.1. The van der Waals surface area contributed by atoms with Gasteiger partial charge in [-0.15, -0.1) is 0 Å². The number of furan rings is 1. The van der Waals surface area contributed by atoms with Crippen LogP contribution in [0, 0.1) is 0 Å². The van der Waals surface area contributed by atoms with Gasteiger partial charge in [0, 0.05) is 21.8 Å². The first-order chi connectivity index (χ1) is 11.2. The van der Waals surface area contributed by atoms with Gasteiger partial charge in [-0.2, -0.15) is 0 Å². The zero-order valence-electron chi connectivity index (χ0n) is 12.0. The minimum Gasteiger partial charge on any atom is -0.453 e. The number of rotatable bonds is 4. The van der Waals surface area contributed by atoms with Crippen LogP contribution in [0.5, 0.6) is 0 Å². The molecule has 1 heterocycles. The monoisotopic (exact) mass is 325 g/mol. The molecule has 0 spiro atoms. The van der Waals surface area contributed by atoms with Crippen LogP contribution in [0.3, 0.4) is 0 Å². The van der Waals surface area contributed by atoms with Crippen LogP contribution in [0.2, 0.25) is 5.02 Å². The molecule has 2 aromatic carbocycles. The fourth-order valence-electron chi connectivity index (χ4n) is 2.12. The molecule has 0 saturated heterocycles. The lowest BCUT2D eigenvalue weighted by molar-refractivity contribution is 0.102. The van der Waals surface area contributed by atoms with E-state index >= 15 is 0 Å². The Balaban J connectivity index is 1.82. The highest BCUT2D eigenvalue weighted by Gasteiger charge is 2.10. The van der Waals surface area contributed by atoms with Crippen molar-refractivity contribution in [3.63, 3.8) is 0 Å². The molecule has 0 aliphatic heterocycles. The van der Waals surface area contributed by atoms with Crippen molar-refractivity contribution >= 4 is 29.5 Å². The molecule has 0 atom stereocenters. The number of hydrogen-bond donors (Lipinski definition) is 1. The molecule has 0 unspecified atom stereocenters. The maximum Gasteiger partial charge on any atom is 0.255 e. The van der Waals surface area contributed by atoms with E-state index in [0.717, 1.165) is 5.56 Å². The van der Waals surface area contributed by atoms with Crippen LogP contribution in [0.25, 0.3) is 11.3 Å². The number of anilines is 1. The van der Waals surface area contributed by atoms with Crippen molar-refractivity contribution in [2.75, 3.05) is 5.32 Å². The van der Waals surface area contributed by atoms with E-state index in [-0.39, 0.29) is 11.7 Å². The molecule has 5 heteroatoms. The first kappa shape index (κ1) is 15.1. The van der Waals surface area contributed by atoms with Crippen LogP contribution < -0.4 is 5.32 Å². The molecule has 0 aliphatic carbocycles. The third-order valence-electron chi connectivity index (χ3n) is 3.25. The summed E-state index contributed by atoms with van der Waals surface area (Å²) in [4.78, 5) is 23.0. The van der Waals surface area contributed by atoms with Gasteiger partial charge in [-0.25, -0.2) is 0 Å². The Morgan fingerprint density at radius 1 is 1.04 bits per heavy atom. The zero-order valence-corrected chi connectivity index (χ0v) is 12.7. The Bertz CT molecular complexity index is 853. The summed E-state index contributed by atoms with van der Waals surface area (Å²) in [5.41, 5.74) is 1.87. The number of halogens is 1. The number of nitrogens with one attached hydrogen (secondary N) is 1. The van der Waals surface area contributed by atoms with Gasteiger partial charge in [0.2, 0.25) is 0 Å². The van der Waals surface area contributed by atoms with Gasteiger partial charge >= 0.3 is 0 Å². The van der Waals surface area contributed by atoms with E-state index in [1.54, 1.807) is 54.6 Å². The van der Waals surface area contributed by atoms with Crippen molar-refractivity contribution < 1.29 is 14.0 Å². The Labute approximate surface area is 137 Å². The van der Waals surface area contributed by atoms with Gasteiger partial charge in [0.15, 0.2) is 12.0 Å². The van der Waals surface area contributed by atoms with Gasteiger partial charge in [0.05, 0.1) is 0 Å². The third-order valence-corrected chi connectivity index (χ3v) is 3.51. The lowest BCUT2D eigenvalue weighted by Gasteiger charge is -2.06. The zero-order chi connectivity index (χ0) is 16.2. The summed E-state index contributed by atoms with van der Waals surface area (Å²) in [6, 6.07) is 17.1. The topological polar surface area (TPSA) is 59.3 Å². The van der Waals surface area contributed by atoms with Crippen molar-refractivity contribution in [2.24, 2.45) is 0 Å². The molecule has 1 amide bonds. The van der Waals surface area contributed by atoms with Crippen molar-refractivity contribution in [1.82, 2.24) is 0 Å². The van der Waals surface area contributed by atoms with Crippen LogP contribution in [0.1, 0.15) is 20.9 Å². The van der Waals surface area contributed by atoms with Crippen LogP contribution in [0.4, 0.5) is 5.69 Å². The minimum atomic E-state index is -0.240. The van der Waals surface area contributed by atoms with Gasteiger partial charge in [-0.05, 0) is 48.5 Å². The van der Waals surface area contributed by atoms with Gasteiger partial charge in [-0.1, -0.05) is 23.7 Å². The fourth-order valence-corrected chi connectivity index (χ4v) is 2.25. The largest absolute Gasteiger partial charge is 0.453 e. The van der Waals surface area contributed by atoms with E-state index in [1.165, 1.54) is 0 Å². The highest BCUT2D eigenvalue weighted by molar-refractivity contribution is 6.30. The van der Waals surface area contributed by atoms with Crippen LogP contribution in [-0.2, 0) is 0 Å². The first-order valence-electron chi connectivity index (χ1n) is 6.88. The lowest BCUT2D eigenvalue weighted by Crippen LogP contribution is -2.11. The summed E-state index contributed by atoms with van der Waals surface area (Å²) in [6.07, 6.45) is 0.639. The molecular formula is C18H12ClNO3. The van der Waals surface area contributed by atoms with E-state index in [9.17, 15) is 9.59 Å². The van der Waals surface area contributed by atoms with Crippen molar-refractivity contribution in [3.8, 4) is 11.3 Å². The van der Waals surface area contributed by atoms with Gasteiger partial charge in [0.1, 0.15) is 5.76 Å². The number of amides is 1. The summed E-state index contributed by atoms with van der Waals surface area (Å²) in [6.45, 7) is 0. The summed E-state index contributed by atoms with van der Waals surface area (Å²) >= 11 is 5.82. The maximum absolute atomic E-state index is 12.3. The molecule has 1 N–H and O–H groups in total. The molecular weight excluding hydrogens is 314 g/mol. The standard InChI is InChI=1S/C18H12ClNO3/c19-14-4-6-15(7-5-14)20-18(22)13-3-1-2-12(10-13)17-9-8-16(11-21)23-17/h1-11H,(H,20,22). The Morgan fingerprint density at radius 2 is 1.83 bits per heavy atom. The van der Waals surface area contributed by atoms with Crippen LogP contribution in [0.15, 0.2) is 65.1 Å². The molecule has 0 aliphatic rings. The number of aldehydes is 1. The van der Waals surface area contributed by atoms with Crippen LogP contribution in [-0.4, -0.2) is 12.2 Å². The van der Waals surface area contributed by atoms with Gasteiger partial charge in [-0.3, -0.25) is 9.59 Å². The first-order valence-corrected chi connectivity index (χ1v) is 7.26. The second kappa shape index (κ2) is 6.50. The molecule has 3 aromatic rings. The quantitative estimate of drug-likeness (QED) is 0.709. The number of carbonyl (C=O) groups excluding carboxylic acids is 2. The molecule has 1 aromatic heterocycles. The molecule has 3 rings (SSSR count). The Kier molecular flexibility index (Phi) is 4.26. The van der Waals surface area contributed by atoms with Crippen molar-refractivity contribution in [1.29, 1.82) is 0 Å². The highest BCUT2D eigenvalue weighted by atomic mass is 35.5. The molecule has 0 fully saturated rings. The maximum atomic E-state index is 12.3. The number of benzene rings is 2. The van der Waals surface area contributed by atoms with Crippen LogP contribution >= 0.6 is 11.6 Å². The minimum absolute atomic E-state index is 0.240. The van der Waals surface area contributed by atoms with E-state index in [4.69, 9.17) is 16.0 Å². The molecule has 0 radical (unpaired) electrons. The fraction of sp³-hybridized carbons (Fsp3) is 0. The molecule has 0 bridgehead atoms. The molecule has 23 heavy (non-hydrogen) atoms. The Hall–Kier alpha value is -2.85. The summed E-state index contributed by atoms with van der Waals surface area (Å²) < 4.78 is 5.37. The highest BCUT2D eigenvalue weighted by Crippen LogP contribution is 2.23. The summed E-state index contributed by atoms with van der Waals surface area (Å²) in [5, 5.41) is 3.40. The van der Waals surface area contributed by atoms with E-state index in [1.807, 2.05) is 6.07 Å². The third kappa shape index (κ3) is 3.49. The van der Waals surface area contributed by atoms with E-state index < -0.39 is 0 Å². The predicted molar refractivity (Wildman–Crippen MR) is 88.9 cm³/mol. The van der Waals surface area contributed by atoms with Gasteiger partial charge < -0.3 is 9.73 Å². The van der Waals surface area contributed by atoms with E-state index in [0.29, 0.717) is 28.3 Å². The SMILES string of the molecule is O=Cc1ccc(-c2cccc(C(=O)Nc3ccc(Cl)cc3)c2)o1. The van der Waals surface area contributed by atoms with Gasteiger partial charge in [0.25, 0.3) is 5.91 Å². The van der Waals surface area contributed by atoms with Crippen molar-refractivity contribution in [2.45, 2.75) is 0 Å². The second-order valence-corrected chi connectivity index (χ2v) is 5.30. The predicted octanol–water partition coefficient (Wildman–Crippen LogP) is 4.66. The number of hydrogen-bond acceptors (Lipinski definition) is 3. The second-order valence-electron chi connectivity index (χ2n) is 4.86. The summed E-state index contributed by atoms with van der Waals surface area (Å²) in [7, 11) is 0. The summed E-state index contributed by atoms with van der Waals surface area (Å²) in [5.74, 6) is 0.542. The average Bonchev–Trinajstić information content (AvgIpc) is 3.06. The molecule has 0 saturated carbocycles. The van der Waals surface area contributed by atoms with E-state index in [2.05, 4.69) is 5.32 Å². The normalized spacial score (nSPS) is 10.3. The average molecular weight is 326 g/mol. The number of carbonyl (C=O) groups is 2. The van der Waals surface area contributed by atoms with Crippen molar-refractivity contribution in [3.05, 3.63) is 77.0 Å². The molecule has 114 valence electrons.